The normalized spacial score (nSPS) is 10.1. The Kier molecular flexibility index (Phi) is 1.96. The molecule has 1 aromatic carbocycles. The van der Waals surface area contributed by atoms with Crippen molar-refractivity contribution in [3.63, 3.8) is 0 Å². The van der Waals surface area contributed by atoms with Crippen LogP contribution in [0.15, 0.2) is 6.07 Å². The van der Waals surface area contributed by atoms with E-state index >= 15 is 0 Å². The summed E-state index contributed by atoms with van der Waals surface area (Å²) in [5, 5.41) is 0.533. The van der Waals surface area contributed by atoms with Gasteiger partial charge in [-0.3, -0.25) is 0 Å². The number of hydrogen-bond donors (Lipinski definition) is 2. The van der Waals surface area contributed by atoms with Crippen molar-refractivity contribution in [2.24, 2.45) is 0 Å². The zero-order valence-corrected chi connectivity index (χ0v) is 7.37. The van der Waals surface area contributed by atoms with Crippen LogP contribution in [-0.2, 0) is 0 Å². The first-order chi connectivity index (χ1) is 5.04. The fraction of sp³-hybridized carbons (Fsp3) is 0.250. The van der Waals surface area contributed by atoms with Gasteiger partial charge in [0.15, 0.2) is 0 Å². The number of nitrogens with two attached hydrogens (primary N) is 2. The number of benzene rings is 1. The van der Waals surface area contributed by atoms with Gasteiger partial charge >= 0.3 is 0 Å². The van der Waals surface area contributed by atoms with Crippen LogP contribution in [0, 0.1) is 13.8 Å². The summed E-state index contributed by atoms with van der Waals surface area (Å²) in [6.07, 6.45) is 0. The molecular weight excluding hydrogens is 160 g/mol. The Labute approximate surface area is 71.1 Å². The number of anilines is 2. The quantitative estimate of drug-likeness (QED) is 0.586. The first-order valence-corrected chi connectivity index (χ1v) is 3.72. The average molecular weight is 171 g/mol. The molecule has 60 valence electrons. The highest BCUT2D eigenvalue weighted by molar-refractivity contribution is 6.33. The zero-order chi connectivity index (χ0) is 8.59. The molecular formula is C8H11ClN2. The minimum absolute atomic E-state index is 0.533. The predicted octanol–water partition coefficient (Wildman–Crippen LogP) is 2.12. The fourth-order valence-electron chi connectivity index (χ4n) is 0.920. The van der Waals surface area contributed by atoms with Crippen LogP contribution in [0.4, 0.5) is 11.4 Å². The second-order valence-corrected chi connectivity index (χ2v) is 3.02. The fourth-order valence-corrected chi connectivity index (χ4v) is 1.18. The largest absolute Gasteiger partial charge is 0.398 e. The Balaban J connectivity index is 3.46. The second-order valence-electron chi connectivity index (χ2n) is 2.61. The lowest BCUT2D eigenvalue weighted by Crippen LogP contribution is -1.98. The van der Waals surface area contributed by atoms with Gasteiger partial charge in [-0.1, -0.05) is 11.6 Å². The number of nitrogen functional groups attached to an aromatic ring is 2. The molecule has 1 rings (SSSR count). The molecule has 3 heteroatoms. The molecule has 0 heterocycles. The summed E-state index contributed by atoms with van der Waals surface area (Å²) in [4.78, 5) is 0. The Bertz CT molecular complexity index is 268. The topological polar surface area (TPSA) is 52.0 Å². The Morgan fingerprint density at radius 3 is 2.27 bits per heavy atom. The highest BCUT2D eigenvalue weighted by atomic mass is 35.5. The van der Waals surface area contributed by atoms with E-state index in [0.717, 1.165) is 11.1 Å². The third-order valence-electron chi connectivity index (χ3n) is 1.94. The molecule has 0 aromatic heterocycles. The lowest BCUT2D eigenvalue weighted by Gasteiger charge is -2.08. The van der Waals surface area contributed by atoms with Crippen molar-refractivity contribution in [3.8, 4) is 0 Å². The molecule has 0 atom stereocenters. The van der Waals surface area contributed by atoms with E-state index in [1.165, 1.54) is 0 Å². The number of rotatable bonds is 0. The van der Waals surface area contributed by atoms with Gasteiger partial charge in [-0.05, 0) is 31.0 Å². The Morgan fingerprint density at radius 1 is 1.18 bits per heavy atom. The summed E-state index contributed by atoms with van der Waals surface area (Å²) in [6, 6.07) is 1.68. The van der Waals surface area contributed by atoms with Gasteiger partial charge in [-0.15, -0.1) is 0 Å². The molecule has 0 aliphatic rings. The van der Waals surface area contributed by atoms with E-state index in [-0.39, 0.29) is 0 Å². The Hall–Kier alpha value is -0.890. The van der Waals surface area contributed by atoms with Gasteiger partial charge in [0.2, 0.25) is 0 Å². The van der Waals surface area contributed by atoms with Crippen molar-refractivity contribution in [1.82, 2.24) is 0 Å². The highest BCUT2D eigenvalue weighted by Gasteiger charge is 2.05. The zero-order valence-electron chi connectivity index (χ0n) is 6.61. The van der Waals surface area contributed by atoms with Crippen LogP contribution < -0.4 is 11.5 Å². The third kappa shape index (κ3) is 1.26. The maximum atomic E-state index is 5.79. The average Bonchev–Trinajstić information content (AvgIpc) is 1.97. The molecule has 0 spiro atoms. The smallest absolute Gasteiger partial charge is 0.0658 e. The van der Waals surface area contributed by atoms with Crippen LogP contribution in [-0.4, -0.2) is 0 Å². The maximum absolute atomic E-state index is 5.79. The van der Waals surface area contributed by atoms with Crippen LogP contribution in [0.5, 0.6) is 0 Å². The van der Waals surface area contributed by atoms with E-state index in [1.807, 2.05) is 13.8 Å². The maximum Gasteiger partial charge on any atom is 0.0658 e. The van der Waals surface area contributed by atoms with E-state index in [2.05, 4.69) is 0 Å². The van der Waals surface area contributed by atoms with Crippen LogP contribution in [0.1, 0.15) is 11.1 Å². The summed E-state index contributed by atoms with van der Waals surface area (Å²) in [7, 11) is 0. The molecule has 0 aliphatic heterocycles. The van der Waals surface area contributed by atoms with Crippen molar-refractivity contribution >= 4 is 23.0 Å². The van der Waals surface area contributed by atoms with Crippen LogP contribution in [0.25, 0.3) is 0 Å². The van der Waals surface area contributed by atoms with E-state index in [4.69, 9.17) is 23.1 Å². The van der Waals surface area contributed by atoms with Gasteiger partial charge in [0.25, 0.3) is 0 Å². The predicted molar refractivity (Wildman–Crippen MR) is 49.8 cm³/mol. The summed E-state index contributed by atoms with van der Waals surface area (Å²) in [5.41, 5.74) is 14.6. The van der Waals surface area contributed by atoms with Crippen molar-refractivity contribution in [2.45, 2.75) is 13.8 Å². The minimum Gasteiger partial charge on any atom is -0.398 e. The molecule has 0 amide bonds. The molecule has 0 aliphatic carbocycles. The van der Waals surface area contributed by atoms with Gasteiger partial charge in [0, 0.05) is 5.69 Å². The monoisotopic (exact) mass is 170 g/mol. The minimum atomic E-state index is 0.533. The highest BCUT2D eigenvalue weighted by Crippen LogP contribution is 2.29. The van der Waals surface area contributed by atoms with Gasteiger partial charge in [-0.2, -0.15) is 0 Å². The van der Waals surface area contributed by atoms with Crippen LogP contribution in [0.3, 0.4) is 0 Å². The molecule has 0 unspecified atom stereocenters. The first-order valence-electron chi connectivity index (χ1n) is 3.34. The molecule has 11 heavy (non-hydrogen) atoms. The molecule has 1 aromatic rings. The molecule has 2 nitrogen and oxygen atoms in total. The summed E-state index contributed by atoms with van der Waals surface area (Å²) >= 11 is 5.79. The first kappa shape index (κ1) is 8.21. The summed E-state index contributed by atoms with van der Waals surface area (Å²) in [6.45, 7) is 3.84. The SMILES string of the molecule is Cc1c(N)cc(Cl)c(N)c1C. The molecule has 4 N–H and O–H groups in total. The molecule has 0 saturated heterocycles. The van der Waals surface area contributed by atoms with Crippen LogP contribution >= 0.6 is 11.6 Å². The van der Waals surface area contributed by atoms with Crippen LogP contribution in [0.2, 0.25) is 5.02 Å². The van der Waals surface area contributed by atoms with Crippen molar-refractivity contribution in [2.75, 3.05) is 11.5 Å². The summed E-state index contributed by atoms with van der Waals surface area (Å²) < 4.78 is 0. The lowest BCUT2D eigenvalue weighted by molar-refractivity contribution is 1.35. The molecule has 0 fully saturated rings. The van der Waals surface area contributed by atoms with Crippen molar-refractivity contribution < 1.29 is 0 Å². The van der Waals surface area contributed by atoms with Gasteiger partial charge in [0.05, 0.1) is 10.7 Å². The lowest BCUT2D eigenvalue weighted by atomic mass is 10.1. The second kappa shape index (κ2) is 2.62. The number of hydrogen-bond acceptors (Lipinski definition) is 2. The van der Waals surface area contributed by atoms with E-state index in [1.54, 1.807) is 6.07 Å². The van der Waals surface area contributed by atoms with E-state index in [9.17, 15) is 0 Å². The summed E-state index contributed by atoms with van der Waals surface area (Å²) in [5.74, 6) is 0. The standard InChI is InChI=1S/C8H11ClN2/c1-4-5(2)8(11)6(9)3-7(4)10/h3H,10-11H2,1-2H3. The third-order valence-corrected chi connectivity index (χ3v) is 2.25. The molecule has 0 saturated carbocycles. The number of halogens is 1. The molecule has 0 bridgehead atoms. The van der Waals surface area contributed by atoms with Gasteiger partial charge in [0.1, 0.15) is 0 Å². The van der Waals surface area contributed by atoms with Crippen molar-refractivity contribution in [1.29, 1.82) is 0 Å². The van der Waals surface area contributed by atoms with E-state index in [0.29, 0.717) is 16.4 Å². The Morgan fingerprint density at radius 2 is 1.73 bits per heavy atom. The van der Waals surface area contributed by atoms with Gasteiger partial charge < -0.3 is 11.5 Å². The van der Waals surface area contributed by atoms with Crippen molar-refractivity contribution in [3.05, 3.63) is 22.2 Å². The molecule has 0 radical (unpaired) electrons. The van der Waals surface area contributed by atoms with Gasteiger partial charge in [-0.25, -0.2) is 0 Å². The van der Waals surface area contributed by atoms with E-state index < -0.39 is 0 Å².